The lowest BCUT2D eigenvalue weighted by Gasteiger charge is -2.20. The summed E-state index contributed by atoms with van der Waals surface area (Å²) in [5, 5.41) is 0. The molecule has 20 heavy (non-hydrogen) atoms. The highest BCUT2D eigenvalue weighted by atomic mass is 16.6. The van der Waals surface area contributed by atoms with Crippen molar-refractivity contribution in [1.82, 2.24) is 0 Å². The average Bonchev–Trinajstić information content (AvgIpc) is 2.50. The third-order valence-electron chi connectivity index (χ3n) is 2.69. The van der Waals surface area contributed by atoms with Gasteiger partial charge in [-0.25, -0.2) is 4.79 Å². The van der Waals surface area contributed by atoms with Crippen molar-refractivity contribution in [3.8, 4) is 28.7 Å². The van der Waals surface area contributed by atoms with Gasteiger partial charge >= 0.3 is 5.97 Å². The molecule has 0 bridgehead atoms. The maximum atomic E-state index is 12.0. The predicted molar refractivity (Wildman–Crippen MR) is 70.5 cm³/mol. The lowest BCUT2D eigenvalue weighted by molar-refractivity contribution is 0.0591. The Morgan fingerprint density at radius 2 is 0.900 bits per heavy atom. The number of esters is 1. The van der Waals surface area contributed by atoms with E-state index in [2.05, 4.69) is 0 Å². The summed E-state index contributed by atoms with van der Waals surface area (Å²) in [6.07, 6.45) is 0. The highest BCUT2D eigenvalue weighted by molar-refractivity contribution is 5.99. The van der Waals surface area contributed by atoms with Crippen molar-refractivity contribution in [2.24, 2.45) is 0 Å². The average molecular weight is 286 g/mol. The minimum atomic E-state index is -0.641. The van der Waals surface area contributed by atoms with Crippen LogP contribution in [0.4, 0.5) is 0 Å². The number of carbonyl (C=O) groups excluding carboxylic acids is 1. The van der Waals surface area contributed by atoms with Gasteiger partial charge in [-0.2, -0.15) is 0 Å². The molecule has 7 nitrogen and oxygen atoms in total. The summed E-state index contributed by atoms with van der Waals surface area (Å²) >= 11 is 0. The molecule has 1 rings (SSSR count). The SMILES string of the molecule is COC(=O)c1c(OC)c(OC)c(OC)c(OC)c1OC. The second kappa shape index (κ2) is 6.74. The van der Waals surface area contributed by atoms with Crippen LogP contribution >= 0.6 is 0 Å². The minimum absolute atomic E-state index is 0.0620. The van der Waals surface area contributed by atoms with Gasteiger partial charge in [0.15, 0.2) is 17.1 Å². The molecule has 0 atom stereocenters. The molecule has 0 aromatic heterocycles. The Labute approximate surface area is 117 Å². The Morgan fingerprint density at radius 1 is 0.600 bits per heavy atom. The van der Waals surface area contributed by atoms with E-state index < -0.39 is 5.97 Å². The maximum absolute atomic E-state index is 12.0. The smallest absolute Gasteiger partial charge is 0.345 e. The van der Waals surface area contributed by atoms with Crippen LogP contribution in [0, 0.1) is 0 Å². The molecule has 0 aliphatic heterocycles. The second-order valence-corrected chi connectivity index (χ2v) is 3.53. The van der Waals surface area contributed by atoms with Gasteiger partial charge in [0.2, 0.25) is 17.2 Å². The molecule has 0 saturated carbocycles. The van der Waals surface area contributed by atoms with Gasteiger partial charge in [-0.1, -0.05) is 0 Å². The molecule has 112 valence electrons. The van der Waals surface area contributed by atoms with Crippen molar-refractivity contribution < 1.29 is 33.2 Å². The first-order chi connectivity index (χ1) is 9.60. The van der Waals surface area contributed by atoms with E-state index >= 15 is 0 Å². The normalized spacial score (nSPS) is 9.70. The molecule has 0 unspecified atom stereocenters. The number of benzene rings is 1. The van der Waals surface area contributed by atoms with E-state index in [0.29, 0.717) is 0 Å². The highest BCUT2D eigenvalue weighted by Gasteiger charge is 2.32. The van der Waals surface area contributed by atoms with E-state index in [4.69, 9.17) is 28.4 Å². The van der Waals surface area contributed by atoms with Crippen LogP contribution in [0.1, 0.15) is 10.4 Å². The largest absolute Gasteiger partial charge is 0.492 e. The summed E-state index contributed by atoms with van der Waals surface area (Å²) in [4.78, 5) is 12.0. The fraction of sp³-hybridized carbons (Fsp3) is 0.462. The Morgan fingerprint density at radius 3 is 1.15 bits per heavy atom. The fourth-order valence-electron chi connectivity index (χ4n) is 1.87. The van der Waals surface area contributed by atoms with E-state index in [-0.39, 0.29) is 34.3 Å². The molecule has 0 saturated heterocycles. The van der Waals surface area contributed by atoms with Crippen molar-refractivity contribution in [3.63, 3.8) is 0 Å². The Balaban J connectivity index is 3.84. The molecule has 7 heteroatoms. The lowest BCUT2D eigenvalue weighted by Crippen LogP contribution is -2.10. The molecule has 0 heterocycles. The van der Waals surface area contributed by atoms with Gasteiger partial charge in [-0.05, 0) is 0 Å². The molecule has 0 aliphatic carbocycles. The van der Waals surface area contributed by atoms with Crippen molar-refractivity contribution >= 4 is 5.97 Å². The molecular weight excluding hydrogens is 268 g/mol. The molecule has 0 radical (unpaired) electrons. The van der Waals surface area contributed by atoms with Gasteiger partial charge in [0.25, 0.3) is 0 Å². The first kappa shape index (κ1) is 15.7. The van der Waals surface area contributed by atoms with Crippen LogP contribution in [0.3, 0.4) is 0 Å². The van der Waals surface area contributed by atoms with E-state index in [9.17, 15) is 4.79 Å². The van der Waals surface area contributed by atoms with Crippen molar-refractivity contribution in [3.05, 3.63) is 5.56 Å². The third kappa shape index (κ3) is 2.38. The summed E-state index contributed by atoms with van der Waals surface area (Å²) < 4.78 is 30.9. The zero-order valence-corrected chi connectivity index (χ0v) is 12.4. The van der Waals surface area contributed by atoms with Crippen molar-refractivity contribution in [2.75, 3.05) is 42.7 Å². The van der Waals surface area contributed by atoms with Crippen molar-refractivity contribution in [1.29, 1.82) is 0 Å². The molecule has 0 amide bonds. The predicted octanol–water partition coefficient (Wildman–Crippen LogP) is 1.52. The second-order valence-electron chi connectivity index (χ2n) is 3.53. The Hall–Kier alpha value is -2.31. The van der Waals surface area contributed by atoms with Crippen LogP contribution in [-0.4, -0.2) is 48.6 Å². The molecule has 1 aromatic carbocycles. The zero-order valence-electron chi connectivity index (χ0n) is 12.4. The molecule has 0 N–H and O–H groups in total. The van der Waals surface area contributed by atoms with Gasteiger partial charge in [-0.3, -0.25) is 0 Å². The summed E-state index contributed by atoms with van der Waals surface area (Å²) in [7, 11) is 8.34. The van der Waals surface area contributed by atoms with Gasteiger partial charge in [0.05, 0.1) is 42.7 Å². The van der Waals surface area contributed by atoms with Crippen LogP contribution < -0.4 is 23.7 Å². The van der Waals surface area contributed by atoms with Crippen LogP contribution in [0.15, 0.2) is 0 Å². The number of ether oxygens (including phenoxy) is 6. The van der Waals surface area contributed by atoms with Gasteiger partial charge in [-0.15, -0.1) is 0 Å². The van der Waals surface area contributed by atoms with Gasteiger partial charge < -0.3 is 28.4 Å². The van der Waals surface area contributed by atoms with Crippen LogP contribution in [0.25, 0.3) is 0 Å². The molecule has 0 aliphatic rings. The third-order valence-corrected chi connectivity index (χ3v) is 2.69. The van der Waals surface area contributed by atoms with E-state index in [0.717, 1.165) is 0 Å². The Bertz CT molecular complexity index is 463. The highest BCUT2D eigenvalue weighted by Crippen LogP contribution is 2.53. The first-order valence-corrected chi connectivity index (χ1v) is 5.63. The van der Waals surface area contributed by atoms with Crippen LogP contribution in [0.5, 0.6) is 28.7 Å². The first-order valence-electron chi connectivity index (χ1n) is 5.63. The standard InChI is InChI=1S/C13H18O7/c1-15-8-7(13(14)20-6)9(16-2)11(18-4)12(19-5)10(8)17-3/h1-6H3. The lowest BCUT2D eigenvalue weighted by atomic mass is 10.1. The molecule has 1 aromatic rings. The van der Waals surface area contributed by atoms with E-state index in [1.807, 2.05) is 0 Å². The quantitative estimate of drug-likeness (QED) is 0.734. The Kier molecular flexibility index (Phi) is 5.31. The number of carbonyl (C=O) groups is 1. The number of rotatable bonds is 6. The number of hydrogen-bond acceptors (Lipinski definition) is 7. The van der Waals surface area contributed by atoms with Gasteiger partial charge in [0.1, 0.15) is 0 Å². The van der Waals surface area contributed by atoms with E-state index in [1.165, 1.54) is 42.7 Å². The zero-order chi connectivity index (χ0) is 15.3. The van der Waals surface area contributed by atoms with Crippen LogP contribution in [0.2, 0.25) is 0 Å². The summed E-state index contributed by atoms with van der Waals surface area (Å²) in [5.74, 6) is 0.345. The molecular formula is C13H18O7. The number of hydrogen-bond donors (Lipinski definition) is 0. The topological polar surface area (TPSA) is 72.5 Å². The maximum Gasteiger partial charge on any atom is 0.345 e. The van der Waals surface area contributed by atoms with Gasteiger partial charge in [0, 0.05) is 0 Å². The fourth-order valence-corrected chi connectivity index (χ4v) is 1.87. The molecule has 0 fully saturated rings. The number of methoxy groups -OCH3 is 6. The minimum Gasteiger partial charge on any atom is -0.492 e. The van der Waals surface area contributed by atoms with Crippen LogP contribution in [-0.2, 0) is 4.74 Å². The summed E-state index contributed by atoms with van der Waals surface area (Å²) in [6, 6.07) is 0. The summed E-state index contributed by atoms with van der Waals surface area (Å²) in [6.45, 7) is 0. The van der Waals surface area contributed by atoms with Crippen molar-refractivity contribution in [2.45, 2.75) is 0 Å². The van der Waals surface area contributed by atoms with E-state index in [1.54, 1.807) is 0 Å². The monoisotopic (exact) mass is 286 g/mol. The molecule has 0 spiro atoms. The summed E-state index contributed by atoms with van der Waals surface area (Å²) in [5.41, 5.74) is 0.0620.